The van der Waals surface area contributed by atoms with E-state index in [9.17, 15) is 14.0 Å². The fourth-order valence-electron chi connectivity index (χ4n) is 1.91. The van der Waals surface area contributed by atoms with Crippen molar-refractivity contribution in [3.63, 3.8) is 0 Å². The Kier molecular flexibility index (Phi) is 4.34. The van der Waals surface area contributed by atoms with Crippen molar-refractivity contribution in [3.8, 4) is 11.3 Å². The van der Waals surface area contributed by atoms with Crippen molar-refractivity contribution in [2.24, 2.45) is 0 Å². The third kappa shape index (κ3) is 3.14. The molecule has 2 aromatic rings. The van der Waals surface area contributed by atoms with E-state index in [0.29, 0.717) is 29.8 Å². The van der Waals surface area contributed by atoms with Crippen LogP contribution < -0.4 is 4.87 Å². The first-order valence-corrected chi connectivity index (χ1v) is 7.03. The quantitative estimate of drug-likeness (QED) is 0.922. The first kappa shape index (κ1) is 14.5. The summed E-state index contributed by atoms with van der Waals surface area (Å²) in [7, 11) is 0. The second-order valence-corrected chi connectivity index (χ2v) is 5.32. The van der Waals surface area contributed by atoms with E-state index in [1.807, 2.05) is 0 Å². The van der Waals surface area contributed by atoms with Gasteiger partial charge < -0.3 is 5.11 Å². The molecule has 1 N–H and O–H groups in total. The number of benzene rings is 1. The van der Waals surface area contributed by atoms with Crippen LogP contribution in [0.4, 0.5) is 4.39 Å². The highest BCUT2D eigenvalue weighted by Gasteiger charge is 2.11. The van der Waals surface area contributed by atoms with Crippen LogP contribution in [-0.4, -0.2) is 15.6 Å². The van der Waals surface area contributed by atoms with Crippen molar-refractivity contribution in [1.29, 1.82) is 0 Å². The lowest BCUT2D eigenvalue weighted by molar-refractivity contribution is -0.137. The fraction of sp³-hybridized carbons (Fsp3) is 0.286. The Bertz CT molecular complexity index is 690. The minimum absolute atomic E-state index is 0.00395. The van der Waals surface area contributed by atoms with Crippen LogP contribution in [0.2, 0.25) is 0 Å². The summed E-state index contributed by atoms with van der Waals surface area (Å²) in [4.78, 5) is 22.1. The number of aromatic nitrogens is 1. The van der Waals surface area contributed by atoms with Gasteiger partial charge in [-0.25, -0.2) is 4.39 Å². The Balaban J connectivity index is 2.30. The minimum Gasteiger partial charge on any atom is -0.481 e. The van der Waals surface area contributed by atoms with Crippen molar-refractivity contribution < 1.29 is 14.3 Å². The average Bonchev–Trinajstić information content (AvgIpc) is 2.74. The van der Waals surface area contributed by atoms with Gasteiger partial charge in [0.2, 0.25) is 0 Å². The van der Waals surface area contributed by atoms with Gasteiger partial charge in [-0.05, 0) is 25.0 Å². The zero-order valence-corrected chi connectivity index (χ0v) is 11.7. The second kappa shape index (κ2) is 6.00. The maximum atomic E-state index is 13.6. The third-order valence-corrected chi connectivity index (χ3v) is 3.79. The molecule has 0 aliphatic carbocycles. The van der Waals surface area contributed by atoms with Gasteiger partial charge in [-0.1, -0.05) is 23.5 Å². The van der Waals surface area contributed by atoms with Gasteiger partial charge in [0.1, 0.15) is 5.82 Å². The van der Waals surface area contributed by atoms with Gasteiger partial charge in [0.25, 0.3) is 0 Å². The Morgan fingerprint density at radius 1 is 1.45 bits per heavy atom. The molecule has 1 aromatic carbocycles. The van der Waals surface area contributed by atoms with Crippen LogP contribution >= 0.6 is 11.3 Å². The van der Waals surface area contributed by atoms with Crippen molar-refractivity contribution in [2.75, 3.05) is 0 Å². The van der Waals surface area contributed by atoms with Crippen LogP contribution in [0.1, 0.15) is 18.4 Å². The molecule has 0 fully saturated rings. The fourth-order valence-corrected chi connectivity index (χ4v) is 2.70. The molecule has 0 atom stereocenters. The summed E-state index contributed by atoms with van der Waals surface area (Å²) in [6, 6.07) is 4.81. The number of hydrogen-bond acceptors (Lipinski definition) is 3. The maximum Gasteiger partial charge on any atom is 0.307 e. The number of carboxylic acid groups (broad SMARTS) is 1. The van der Waals surface area contributed by atoms with Crippen molar-refractivity contribution in [2.45, 2.75) is 26.3 Å². The largest absolute Gasteiger partial charge is 0.481 e. The zero-order valence-electron chi connectivity index (χ0n) is 10.9. The molecule has 0 aliphatic heterocycles. The molecule has 1 heterocycles. The zero-order chi connectivity index (χ0) is 14.7. The van der Waals surface area contributed by atoms with E-state index in [4.69, 9.17) is 5.11 Å². The molecule has 2 rings (SSSR count). The summed E-state index contributed by atoms with van der Waals surface area (Å²) in [5.74, 6) is -1.21. The number of rotatable bonds is 5. The molecular formula is C14H14FNO3S. The number of carbonyl (C=O) groups is 1. The molecule has 0 saturated carbocycles. The third-order valence-electron chi connectivity index (χ3n) is 3.02. The van der Waals surface area contributed by atoms with Gasteiger partial charge in [-0.3, -0.25) is 14.2 Å². The summed E-state index contributed by atoms with van der Waals surface area (Å²) >= 11 is 1.03. The van der Waals surface area contributed by atoms with E-state index in [1.165, 1.54) is 10.6 Å². The van der Waals surface area contributed by atoms with Crippen LogP contribution in [0.25, 0.3) is 11.3 Å². The molecule has 1 aromatic heterocycles. The normalized spacial score (nSPS) is 10.7. The summed E-state index contributed by atoms with van der Waals surface area (Å²) in [5.41, 5.74) is 1.80. The summed E-state index contributed by atoms with van der Waals surface area (Å²) in [5, 5.41) is 10.3. The Morgan fingerprint density at radius 2 is 2.20 bits per heavy atom. The number of aliphatic carboxylic acids is 1. The van der Waals surface area contributed by atoms with Crippen LogP contribution in [0.5, 0.6) is 0 Å². The molecule has 4 nitrogen and oxygen atoms in total. The van der Waals surface area contributed by atoms with Gasteiger partial charge in [0, 0.05) is 23.9 Å². The predicted molar refractivity (Wildman–Crippen MR) is 75.6 cm³/mol. The number of carboxylic acids is 1. The molecular weight excluding hydrogens is 281 g/mol. The van der Waals surface area contributed by atoms with E-state index >= 15 is 0 Å². The number of hydrogen-bond donors (Lipinski definition) is 1. The summed E-state index contributed by atoms with van der Waals surface area (Å²) < 4.78 is 15.1. The lowest BCUT2D eigenvalue weighted by Crippen LogP contribution is -2.15. The molecule has 0 saturated heterocycles. The Hall–Kier alpha value is -1.95. The number of nitrogens with zero attached hydrogens (tertiary/aromatic N) is 1. The lowest BCUT2D eigenvalue weighted by Gasteiger charge is -2.08. The molecule has 0 aliphatic rings. The van der Waals surface area contributed by atoms with Gasteiger partial charge >= 0.3 is 10.8 Å². The average molecular weight is 295 g/mol. The highest BCUT2D eigenvalue weighted by atomic mass is 32.1. The van der Waals surface area contributed by atoms with E-state index in [1.54, 1.807) is 24.4 Å². The van der Waals surface area contributed by atoms with Crippen molar-refractivity contribution >= 4 is 17.3 Å². The number of halogens is 1. The topological polar surface area (TPSA) is 59.3 Å². The van der Waals surface area contributed by atoms with Crippen LogP contribution in [0.15, 0.2) is 28.4 Å². The lowest BCUT2D eigenvalue weighted by atomic mass is 10.1. The molecule has 0 bridgehead atoms. The predicted octanol–water partition coefficient (Wildman–Crippen LogP) is 2.89. The first-order chi connectivity index (χ1) is 9.49. The van der Waals surface area contributed by atoms with Crippen LogP contribution in [0.3, 0.4) is 0 Å². The summed E-state index contributed by atoms with van der Waals surface area (Å²) in [6.45, 7) is 1.99. The maximum absolute atomic E-state index is 13.6. The smallest absolute Gasteiger partial charge is 0.307 e. The number of thiazole rings is 1. The SMILES string of the molecule is Cc1ccc(-c2csc(=O)n2CCCC(=O)O)cc1F. The van der Waals surface area contributed by atoms with E-state index in [2.05, 4.69) is 0 Å². The molecule has 106 valence electrons. The summed E-state index contributed by atoms with van der Waals surface area (Å²) in [6.07, 6.45) is 0.372. The van der Waals surface area contributed by atoms with Gasteiger partial charge in [-0.2, -0.15) is 0 Å². The molecule has 0 amide bonds. The molecule has 6 heteroatoms. The van der Waals surface area contributed by atoms with Crippen LogP contribution in [0, 0.1) is 12.7 Å². The van der Waals surface area contributed by atoms with Gasteiger partial charge in [0.15, 0.2) is 0 Å². The van der Waals surface area contributed by atoms with Crippen molar-refractivity contribution in [1.82, 2.24) is 4.57 Å². The second-order valence-electron chi connectivity index (χ2n) is 4.50. The number of aryl methyl sites for hydroxylation is 1. The monoisotopic (exact) mass is 295 g/mol. The minimum atomic E-state index is -0.892. The van der Waals surface area contributed by atoms with Gasteiger partial charge in [0.05, 0.1) is 5.69 Å². The standard InChI is InChI=1S/C14H14FNO3S/c1-9-4-5-10(7-11(9)15)12-8-20-14(19)16(12)6-2-3-13(17)18/h4-5,7-8H,2-3,6H2,1H3,(H,17,18). The first-order valence-electron chi connectivity index (χ1n) is 6.15. The van der Waals surface area contributed by atoms with E-state index in [0.717, 1.165) is 11.3 Å². The highest BCUT2D eigenvalue weighted by Crippen LogP contribution is 2.22. The Labute approximate surface area is 119 Å². The van der Waals surface area contributed by atoms with Crippen LogP contribution in [-0.2, 0) is 11.3 Å². The molecule has 20 heavy (non-hydrogen) atoms. The van der Waals surface area contributed by atoms with E-state index < -0.39 is 5.97 Å². The van der Waals surface area contributed by atoms with Crippen molar-refractivity contribution in [3.05, 3.63) is 44.6 Å². The molecule has 0 unspecified atom stereocenters. The molecule has 0 radical (unpaired) electrons. The van der Waals surface area contributed by atoms with E-state index in [-0.39, 0.29) is 17.1 Å². The van der Waals surface area contributed by atoms with Gasteiger partial charge in [-0.15, -0.1) is 0 Å². The Morgan fingerprint density at radius 3 is 2.85 bits per heavy atom. The highest BCUT2D eigenvalue weighted by molar-refractivity contribution is 7.07. The molecule has 0 spiro atoms.